The van der Waals surface area contributed by atoms with E-state index in [0.29, 0.717) is 6.61 Å². The maximum absolute atomic E-state index is 8.45. The van der Waals surface area contributed by atoms with Gasteiger partial charge in [0.1, 0.15) is 0 Å². The third-order valence-electron chi connectivity index (χ3n) is 1.79. The predicted molar refractivity (Wildman–Crippen MR) is 58.5 cm³/mol. The molecule has 0 radical (unpaired) electrons. The van der Waals surface area contributed by atoms with Crippen molar-refractivity contribution in [3.8, 4) is 0 Å². The molecule has 0 bridgehead atoms. The van der Waals surface area contributed by atoms with Gasteiger partial charge in [0.2, 0.25) is 0 Å². The van der Waals surface area contributed by atoms with Crippen molar-refractivity contribution < 1.29 is 9.84 Å². The molecule has 0 aromatic carbocycles. The lowest BCUT2D eigenvalue weighted by molar-refractivity contribution is 0.0907. The number of aliphatic hydroxyl groups excluding tert-OH is 1. The van der Waals surface area contributed by atoms with Crippen molar-refractivity contribution in [1.29, 1.82) is 0 Å². The molecule has 80 valence electrons. The fourth-order valence-electron chi connectivity index (χ4n) is 1.09. The van der Waals surface area contributed by atoms with Crippen LogP contribution in [0, 0.1) is 0 Å². The second kappa shape index (κ2) is 7.94. The average molecular weight is 215 g/mol. The van der Waals surface area contributed by atoms with E-state index in [1.165, 1.54) is 5.56 Å². The molecular formula is C10H17NO2S. The van der Waals surface area contributed by atoms with E-state index in [-0.39, 0.29) is 6.61 Å². The Bertz CT molecular complexity index is 214. The number of ether oxygens (including phenoxy) is 1. The number of rotatable bonds is 8. The Labute approximate surface area is 88.7 Å². The summed E-state index contributed by atoms with van der Waals surface area (Å²) in [6.07, 6.45) is 0.990. The van der Waals surface area contributed by atoms with Crippen molar-refractivity contribution in [3.63, 3.8) is 0 Å². The molecule has 0 aliphatic rings. The highest BCUT2D eigenvalue weighted by Crippen LogP contribution is 2.04. The molecule has 2 N–H and O–H groups in total. The van der Waals surface area contributed by atoms with Crippen LogP contribution in [0.1, 0.15) is 12.0 Å². The highest BCUT2D eigenvalue weighted by molar-refractivity contribution is 7.07. The molecule has 0 fully saturated rings. The molecule has 0 aliphatic heterocycles. The highest BCUT2D eigenvalue weighted by Gasteiger charge is 1.92. The van der Waals surface area contributed by atoms with Gasteiger partial charge < -0.3 is 15.2 Å². The number of hydrogen-bond donors (Lipinski definition) is 2. The summed E-state index contributed by atoms with van der Waals surface area (Å²) in [6, 6.07) is 2.12. The number of hydrogen-bond acceptors (Lipinski definition) is 4. The minimum atomic E-state index is 0.113. The lowest BCUT2D eigenvalue weighted by Gasteiger charge is -2.03. The first-order valence-electron chi connectivity index (χ1n) is 4.84. The smallest absolute Gasteiger partial charge is 0.0697 e. The summed E-state index contributed by atoms with van der Waals surface area (Å²) in [5.41, 5.74) is 1.34. The van der Waals surface area contributed by atoms with Crippen LogP contribution < -0.4 is 5.32 Å². The molecule has 0 atom stereocenters. The summed E-state index contributed by atoms with van der Waals surface area (Å²) in [5, 5.41) is 16.0. The monoisotopic (exact) mass is 215 g/mol. The van der Waals surface area contributed by atoms with E-state index in [1.54, 1.807) is 11.3 Å². The van der Waals surface area contributed by atoms with Crippen molar-refractivity contribution in [2.24, 2.45) is 0 Å². The second-order valence-corrected chi connectivity index (χ2v) is 3.78. The summed E-state index contributed by atoms with van der Waals surface area (Å²) in [7, 11) is 0. The van der Waals surface area contributed by atoms with Gasteiger partial charge in [-0.2, -0.15) is 11.3 Å². The van der Waals surface area contributed by atoms with Crippen molar-refractivity contribution in [2.75, 3.05) is 26.4 Å². The fourth-order valence-corrected chi connectivity index (χ4v) is 1.76. The Kier molecular flexibility index (Phi) is 6.61. The molecule has 0 unspecified atom stereocenters. The summed E-state index contributed by atoms with van der Waals surface area (Å²) in [6.45, 7) is 3.18. The minimum Gasteiger partial charge on any atom is -0.394 e. The quantitative estimate of drug-likeness (QED) is 0.641. The molecule has 0 spiro atoms. The van der Waals surface area contributed by atoms with E-state index in [9.17, 15) is 0 Å². The van der Waals surface area contributed by atoms with Gasteiger partial charge >= 0.3 is 0 Å². The highest BCUT2D eigenvalue weighted by atomic mass is 32.1. The number of nitrogens with one attached hydrogen (secondary N) is 1. The topological polar surface area (TPSA) is 41.5 Å². The van der Waals surface area contributed by atoms with Gasteiger partial charge in [-0.15, -0.1) is 0 Å². The van der Waals surface area contributed by atoms with Gasteiger partial charge in [-0.25, -0.2) is 0 Å². The van der Waals surface area contributed by atoms with E-state index < -0.39 is 0 Å². The normalized spacial score (nSPS) is 10.6. The molecule has 1 aromatic rings. The maximum Gasteiger partial charge on any atom is 0.0697 e. The fraction of sp³-hybridized carbons (Fsp3) is 0.600. The zero-order chi connectivity index (χ0) is 10.1. The van der Waals surface area contributed by atoms with E-state index >= 15 is 0 Å². The summed E-state index contributed by atoms with van der Waals surface area (Å²) < 4.78 is 5.13. The van der Waals surface area contributed by atoms with Gasteiger partial charge in [-0.3, -0.25) is 0 Å². The van der Waals surface area contributed by atoms with E-state index in [4.69, 9.17) is 9.84 Å². The molecular weight excluding hydrogens is 198 g/mol. The van der Waals surface area contributed by atoms with E-state index in [0.717, 1.165) is 26.1 Å². The van der Waals surface area contributed by atoms with Gasteiger partial charge in [0.05, 0.1) is 13.2 Å². The Balaban J connectivity index is 1.85. The Morgan fingerprint density at radius 2 is 2.36 bits per heavy atom. The number of aliphatic hydroxyl groups is 1. The predicted octanol–water partition coefficient (Wildman–Crippen LogP) is 1.24. The van der Waals surface area contributed by atoms with Gasteiger partial charge in [0.25, 0.3) is 0 Å². The lowest BCUT2D eigenvalue weighted by atomic mass is 10.3. The van der Waals surface area contributed by atoms with Crippen molar-refractivity contribution >= 4 is 11.3 Å². The van der Waals surface area contributed by atoms with Gasteiger partial charge in [-0.1, -0.05) is 0 Å². The number of thiophene rings is 1. The Hall–Kier alpha value is -0.420. The zero-order valence-electron chi connectivity index (χ0n) is 8.24. The van der Waals surface area contributed by atoms with Gasteiger partial charge in [0.15, 0.2) is 0 Å². The molecule has 0 aliphatic carbocycles. The summed E-state index contributed by atoms with van der Waals surface area (Å²) in [4.78, 5) is 0. The molecule has 1 aromatic heterocycles. The third kappa shape index (κ3) is 5.34. The van der Waals surface area contributed by atoms with Crippen LogP contribution in [0.15, 0.2) is 16.8 Å². The van der Waals surface area contributed by atoms with Gasteiger partial charge in [0, 0.05) is 13.2 Å². The van der Waals surface area contributed by atoms with Crippen LogP contribution in [0.4, 0.5) is 0 Å². The van der Waals surface area contributed by atoms with Crippen LogP contribution in [0.3, 0.4) is 0 Å². The van der Waals surface area contributed by atoms with E-state index in [1.807, 2.05) is 0 Å². The Morgan fingerprint density at radius 3 is 3.07 bits per heavy atom. The van der Waals surface area contributed by atoms with Crippen LogP contribution in [0.25, 0.3) is 0 Å². The molecule has 1 rings (SSSR count). The molecule has 14 heavy (non-hydrogen) atoms. The molecule has 4 heteroatoms. The average Bonchev–Trinajstić information content (AvgIpc) is 2.69. The van der Waals surface area contributed by atoms with Crippen LogP contribution >= 0.6 is 11.3 Å². The SMILES string of the molecule is OCCOCCCNCc1ccsc1. The van der Waals surface area contributed by atoms with Crippen molar-refractivity contribution in [2.45, 2.75) is 13.0 Å². The van der Waals surface area contributed by atoms with Crippen LogP contribution in [0.5, 0.6) is 0 Å². The van der Waals surface area contributed by atoms with Gasteiger partial charge in [-0.05, 0) is 35.4 Å². The molecule has 0 saturated heterocycles. The molecule has 0 amide bonds. The zero-order valence-corrected chi connectivity index (χ0v) is 9.05. The molecule has 3 nitrogen and oxygen atoms in total. The summed E-state index contributed by atoms with van der Waals surface area (Å²) >= 11 is 1.72. The largest absolute Gasteiger partial charge is 0.394 e. The molecule has 0 saturated carbocycles. The minimum absolute atomic E-state index is 0.113. The maximum atomic E-state index is 8.45. The van der Waals surface area contributed by atoms with Crippen LogP contribution in [-0.4, -0.2) is 31.5 Å². The first-order chi connectivity index (χ1) is 6.93. The third-order valence-corrected chi connectivity index (χ3v) is 2.52. The standard InChI is InChI=1S/C10H17NO2S/c12-4-6-13-5-1-3-11-8-10-2-7-14-9-10/h2,7,9,11-12H,1,3-6,8H2. The van der Waals surface area contributed by atoms with Crippen LogP contribution in [0.2, 0.25) is 0 Å². The Morgan fingerprint density at radius 1 is 1.43 bits per heavy atom. The van der Waals surface area contributed by atoms with Crippen molar-refractivity contribution in [3.05, 3.63) is 22.4 Å². The summed E-state index contributed by atoms with van der Waals surface area (Å²) in [5.74, 6) is 0. The van der Waals surface area contributed by atoms with E-state index in [2.05, 4.69) is 22.1 Å². The second-order valence-electron chi connectivity index (χ2n) is 3.00. The molecule has 1 heterocycles. The first-order valence-corrected chi connectivity index (χ1v) is 5.78. The first kappa shape index (κ1) is 11.7. The van der Waals surface area contributed by atoms with Crippen LogP contribution in [-0.2, 0) is 11.3 Å². The van der Waals surface area contributed by atoms with Crippen molar-refractivity contribution in [1.82, 2.24) is 5.32 Å². The lowest BCUT2D eigenvalue weighted by Crippen LogP contribution is -2.16.